The maximum atomic E-state index is 13.0. The Bertz CT molecular complexity index is 1090. The Balaban J connectivity index is 1.37. The third-order valence-electron chi connectivity index (χ3n) is 6.21. The highest BCUT2D eigenvalue weighted by Crippen LogP contribution is 2.36. The Hall–Kier alpha value is -2.32. The van der Waals surface area contributed by atoms with Crippen molar-refractivity contribution in [1.29, 1.82) is 0 Å². The average molecular weight is 421 g/mol. The van der Waals surface area contributed by atoms with Crippen molar-refractivity contribution in [3.63, 3.8) is 0 Å². The van der Waals surface area contributed by atoms with Crippen LogP contribution in [-0.2, 0) is 11.1 Å². The van der Waals surface area contributed by atoms with Crippen molar-refractivity contribution in [3.8, 4) is 0 Å². The number of anilines is 2. The third kappa shape index (κ3) is 3.52. The Kier molecular flexibility index (Phi) is 5.29. The monoisotopic (exact) mass is 421 g/mol. The van der Waals surface area contributed by atoms with Gasteiger partial charge in [0.15, 0.2) is 0 Å². The average Bonchev–Trinajstić information content (AvgIpc) is 3.44. The molecule has 1 fully saturated rings. The van der Waals surface area contributed by atoms with Crippen molar-refractivity contribution in [1.82, 2.24) is 9.78 Å². The van der Waals surface area contributed by atoms with Crippen molar-refractivity contribution in [3.05, 3.63) is 40.4 Å². The fourth-order valence-electron chi connectivity index (χ4n) is 4.69. The summed E-state index contributed by atoms with van der Waals surface area (Å²) in [5.74, 6) is -0.0518. The number of rotatable bonds is 5. The van der Waals surface area contributed by atoms with Crippen LogP contribution in [0, 0.1) is 6.92 Å². The summed E-state index contributed by atoms with van der Waals surface area (Å²) in [6.45, 7) is 2.94. The zero-order chi connectivity index (χ0) is 20.7. The molecular weight excluding hydrogens is 395 g/mol. The molecule has 1 aromatic carbocycles. The van der Waals surface area contributed by atoms with Crippen LogP contribution in [0.3, 0.4) is 0 Å². The number of hydrogen-bond acceptors (Lipinski definition) is 5. The van der Waals surface area contributed by atoms with Gasteiger partial charge in [-0.05, 0) is 56.0 Å². The van der Waals surface area contributed by atoms with Crippen LogP contribution in [0.2, 0.25) is 0 Å². The van der Waals surface area contributed by atoms with Crippen LogP contribution < -0.4 is 10.1 Å². The number of hydrogen-bond donors (Lipinski definition) is 1. The normalized spacial score (nSPS) is 16.8. The van der Waals surface area contributed by atoms with Crippen LogP contribution in [-0.4, -0.2) is 37.0 Å². The predicted octanol–water partition coefficient (Wildman–Crippen LogP) is 4.71. The van der Waals surface area contributed by atoms with E-state index >= 15 is 0 Å². The molecule has 1 aliphatic carbocycles. The predicted molar refractivity (Wildman–Crippen MR) is 123 cm³/mol. The molecule has 1 amide bonds. The first-order valence-corrected chi connectivity index (χ1v) is 11.5. The number of aromatic nitrogens is 2. The van der Waals surface area contributed by atoms with Gasteiger partial charge in [0, 0.05) is 30.4 Å². The largest absolute Gasteiger partial charge is 0.438 e. The Morgan fingerprint density at radius 1 is 1.27 bits per heavy atom. The third-order valence-corrected chi connectivity index (χ3v) is 7.34. The highest BCUT2D eigenvalue weighted by atomic mass is 32.1. The Morgan fingerprint density at radius 3 is 2.90 bits per heavy atom. The molecule has 2 aliphatic rings. The van der Waals surface area contributed by atoms with E-state index in [9.17, 15) is 4.79 Å². The minimum Gasteiger partial charge on any atom is -0.422 e. The molecule has 0 unspecified atom stereocenters. The van der Waals surface area contributed by atoms with Gasteiger partial charge in [-0.3, -0.25) is 9.48 Å². The summed E-state index contributed by atoms with van der Waals surface area (Å²) in [4.78, 5) is 16.9. The van der Waals surface area contributed by atoms with E-state index in [0.717, 1.165) is 45.1 Å². The number of carbonyl (C=O) groups is 1. The fraction of sp³-hybridized carbons (Fsp3) is 0.455. The Labute approximate surface area is 181 Å². The molecule has 0 saturated heterocycles. The number of thiophene rings is 1. The number of carbonyl (C=O) groups excluding carboxylic acids is 1. The second-order valence-electron chi connectivity index (χ2n) is 8.23. The first kappa shape index (κ1) is 19.6. The lowest BCUT2D eigenvalue weighted by molar-refractivity contribution is 0.103. The maximum Gasteiger partial charge on any atom is 0.438 e. The molecule has 1 N–H and O–H groups in total. The molecule has 0 bridgehead atoms. The smallest absolute Gasteiger partial charge is 0.422 e. The number of benzene rings is 1. The standard InChI is InChI=1S/C22H26BN4O2S/c1-14-18-13-20(30-22(18)27(25-14)17-6-4-3-5-7-17)21(28)24-16-8-9-19-15(12-16)10-11-26(19)23-29-2/h8-9,12-13,17H,3-7,10-11H2,1-2H3,(H,24,28). The molecule has 2 aromatic heterocycles. The van der Waals surface area contributed by atoms with Gasteiger partial charge in [-0.15, -0.1) is 11.3 Å². The highest BCUT2D eigenvalue weighted by molar-refractivity contribution is 7.20. The molecule has 1 saturated carbocycles. The number of aryl methyl sites for hydroxylation is 1. The van der Waals surface area contributed by atoms with Crippen LogP contribution in [0.4, 0.5) is 11.4 Å². The Morgan fingerprint density at radius 2 is 2.10 bits per heavy atom. The number of nitrogens with one attached hydrogen (secondary N) is 1. The number of amides is 1. The number of fused-ring (bicyclic) bond motifs is 2. The van der Waals surface area contributed by atoms with E-state index in [2.05, 4.69) is 20.9 Å². The van der Waals surface area contributed by atoms with Gasteiger partial charge < -0.3 is 14.8 Å². The van der Waals surface area contributed by atoms with E-state index in [0.29, 0.717) is 6.04 Å². The van der Waals surface area contributed by atoms with Crippen LogP contribution in [0.25, 0.3) is 10.2 Å². The molecule has 5 rings (SSSR count). The number of nitrogens with zero attached hydrogens (tertiary/aromatic N) is 3. The van der Waals surface area contributed by atoms with E-state index < -0.39 is 0 Å². The molecule has 0 spiro atoms. The minimum atomic E-state index is -0.0518. The minimum absolute atomic E-state index is 0.0518. The quantitative estimate of drug-likeness (QED) is 0.607. The van der Waals surface area contributed by atoms with Gasteiger partial charge >= 0.3 is 7.62 Å². The lowest BCUT2D eigenvalue weighted by Crippen LogP contribution is -2.26. The summed E-state index contributed by atoms with van der Waals surface area (Å²) in [5.41, 5.74) is 4.21. The SMILES string of the molecule is CO[B]N1CCc2cc(NC(=O)c3cc4c(C)nn(C5CCCCC5)c4s3)ccc21. The van der Waals surface area contributed by atoms with E-state index in [1.54, 1.807) is 26.1 Å². The molecule has 30 heavy (non-hydrogen) atoms. The van der Waals surface area contributed by atoms with Crippen LogP contribution in [0.15, 0.2) is 24.3 Å². The van der Waals surface area contributed by atoms with Crippen molar-refractivity contribution < 1.29 is 9.45 Å². The van der Waals surface area contributed by atoms with Gasteiger partial charge in [0.1, 0.15) is 4.83 Å². The first-order valence-electron chi connectivity index (χ1n) is 10.7. The summed E-state index contributed by atoms with van der Waals surface area (Å²) in [6.07, 6.45) is 7.16. The fourth-order valence-corrected chi connectivity index (χ4v) is 5.82. The summed E-state index contributed by atoms with van der Waals surface area (Å²) in [5, 5.41) is 8.99. The molecule has 6 nitrogen and oxygen atoms in total. The van der Waals surface area contributed by atoms with Crippen LogP contribution in [0.5, 0.6) is 0 Å². The van der Waals surface area contributed by atoms with Gasteiger partial charge in [0.25, 0.3) is 5.91 Å². The summed E-state index contributed by atoms with van der Waals surface area (Å²) in [6, 6.07) is 8.54. The van der Waals surface area contributed by atoms with Crippen molar-refractivity contribution in [2.24, 2.45) is 0 Å². The molecule has 8 heteroatoms. The van der Waals surface area contributed by atoms with Gasteiger partial charge in [-0.25, -0.2) is 0 Å². The topological polar surface area (TPSA) is 59.4 Å². The summed E-state index contributed by atoms with van der Waals surface area (Å²) >= 11 is 1.56. The van der Waals surface area contributed by atoms with Gasteiger partial charge in [-0.1, -0.05) is 19.3 Å². The zero-order valence-corrected chi connectivity index (χ0v) is 18.3. The highest BCUT2D eigenvalue weighted by Gasteiger charge is 2.24. The summed E-state index contributed by atoms with van der Waals surface area (Å²) in [7, 11) is 3.39. The van der Waals surface area contributed by atoms with Crippen molar-refractivity contribution >= 4 is 46.5 Å². The van der Waals surface area contributed by atoms with Crippen LogP contribution >= 0.6 is 11.3 Å². The molecule has 3 aromatic rings. The first-order chi connectivity index (χ1) is 14.6. The second kappa shape index (κ2) is 8.08. The molecule has 0 atom stereocenters. The molecule has 1 aliphatic heterocycles. The van der Waals surface area contributed by atoms with E-state index in [4.69, 9.17) is 9.75 Å². The van der Waals surface area contributed by atoms with E-state index in [-0.39, 0.29) is 5.91 Å². The van der Waals surface area contributed by atoms with Crippen LogP contribution in [0.1, 0.15) is 59.1 Å². The van der Waals surface area contributed by atoms with Gasteiger partial charge in [0.05, 0.1) is 16.6 Å². The molecule has 1 radical (unpaired) electrons. The second-order valence-corrected chi connectivity index (χ2v) is 9.26. The molecular formula is C22H26BN4O2S. The van der Waals surface area contributed by atoms with Crippen molar-refractivity contribution in [2.75, 3.05) is 23.8 Å². The van der Waals surface area contributed by atoms with E-state index in [1.807, 2.05) is 25.1 Å². The lowest BCUT2D eigenvalue weighted by Gasteiger charge is -2.22. The maximum absolute atomic E-state index is 13.0. The lowest BCUT2D eigenvalue weighted by atomic mass is 9.96. The van der Waals surface area contributed by atoms with Gasteiger partial charge in [0.2, 0.25) is 0 Å². The van der Waals surface area contributed by atoms with E-state index in [1.165, 1.54) is 37.7 Å². The molecule has 3 heterocycles. The molecule has 155 valence electrons. The zero-order valence-electron chi connectivity index (χ0n) is 17.5. The van der Waals surface area contributed by atoms with Gasteiger partial charge in [-0.2, -0.15) is 5.10 Å². The summed E-state index contributed by atoms with van der Waals surface area (Å²) < 4.78 is 7.33. The van der Waals surface area contributed by atoms with Crippen molar-refractivity contribution in [2.45, 2.75) is 51.5 Å².